The Morgan fingerprint density at radius 1 is 1.25 bits per heavy atom. The molecule has 0 saturated heterocycles. The lowest BCUT2D eigenvalue weighted by atomic mass is 10.0. The highest BCUT2D eigenvalue weighted by molar-refractivity contribution is 5.95. The van der Waals surface area contributed by atoms with E-state index in [0.717, 1.165) is 16.9 Å². The Balaban J connectivity index is 1.65. The summed E-state index contributed by atoms with van der Waals surface area (Å²) in [5, 5.41) is 10.3. The molecule has 0 saturated carbocycles. The van der Waals surface area contributed by atoms with E-state index in [1.807, 2.05) is 42.5 Å². The molecule has 1 unspecified atom stereocenters. The summed E-state index contributed by atoms with van der Waals surface area (Å²) in [6.07, 6.45) is 10.3. The van der Waals surface area contributed by atoms with Gasteiger partial charge in [0.25, 0.3) is 5.91 Å². The van der Waals surface area contributed by atoms with E-state index in [1.54, 1.807) is 6.07 Å². The predicted octanol–water partition coefficient (Wildman–Crippen LogP) is 2.09. The fourth-order valence-corrected chi connectivity index (χ4v) is 2.71. The number of anilines is 1. The van der Waals surface area contributed by atoms with Gasteiger partial charge in [-0.25, -0.2) is 0 Å². The van der Waals surface area contributed by atoms with Crippen LogP contribution in [0.15, 0.2) is 66.7 Å². The van der Waals surface area contributed by atoms with Crippen molar-refractivity contribution in [3.05, 3.63) is 77.8 Å². The van der Waals surface area contributed by atoms with Crippen molar-refractivity contribution < 1.29 is 9.53 Å². The summed E-state index contributed by atoms with van der Waals surface area (Å²) in [5.41, 5.74) is 9.58. The zero-order valence-electron chi connectivity index (χ0n) is 12.6. The van der Waals surface area contributed by atoms with Gasteiger partial charge in [-0.1, -0.05) is 6.08 Å². The minimum absolute atomic E-state index is 0.185. The van der Waals surface area contributed by atoms with Crippen molar-refractivity contribution >= 4 is 17.2 Å². The minimum Gasteiger partial charge on any atom is -0.481 e. The third-order valence-corrected chi connectivity index (χ3v) is 3.85. The minimum atomic E-state index is -0.244. The van der Waals surface area contributed by atoms with Crippen molar-refractivity contribution in [2.45, 2.75) is 6.10 Å². The van der Waals surface area contributed by atoms with Gasteiger partial charge in [-0.15, -0.1) is 0 Å². The first-order valence-corrected chi connectivity index (χ1v) is 7.45. The van der Waals surface area contributed by atoms with E-state index in [4.69, 9.17) is 10.5 Å². The highest BCUT2D eigenvalue weighted by Gasteiger charge is 2.28. The van der Waals surface area contributed by atoms with Crippen LogP contribution in [-0.4, -0.2) is 22.2 Å². The summed E-state index contributed by atoms with van der Waals surface area (Å²) in [6, 6.07) is 7.16. The average molecular weight is 318 g/mol. The van der Waals surface area contributed by atoms with Gasteiger partial charge in [0.15, 0.2) is 0 Å². The van der Waals surface area contributed by atoms with Crippen LogP contribution in [0.25, 0.3) is 5.57 Å². The van der Waals surface area contributed by atoms with Crippen molar-refractivity contribution in [3.63, 3.8) is 0 Å². The summed E-state index contributed by atoms with van der Waals surface area (Å²) < 4.78 is 5.91. The van der Waals surface area contributed by atoms with Crippen LogP contribution in [0.2, 0.25) is 0 Å². The van der Waals surface area contributed by atoms with Crippen LogP contribution in [0.5, 0.6) is 5.75 Å². The molecule has 1 amide bonds. The summed E-state index contributed by atoms with van der Waals surface area (Å²) >= 11 is 0. The molecule has 118 valence electrons. The van der Waals surface area contributed by atoms with Gasteiger partial charge < -0.3 is 15.8 Å². The average Bonchev–Trinajstić information content (AvgIpc) is 2.80. The van der Waals surface area contributed by atoms with E-state index in [9.17, 15) is 4.79 Å². The largest absolute Gasteiger partial charge is 0.481 e. The second kappa shape index (κ2) is 5.66. The number of aromatic nitrogens is 2. The molecule has 0 spiro atoms. The van der Waals surface area contributed by atoms with Gasteiger partial charge in [0.1, 0.15) is 11.9 Å². The van der Waals surface area contributed by atoms with E-state index in [2.05, 4.69) is 15.5 Å². The molecule has 2 aliphatic rings. The van der Waals surface area contributed by atoms with Gasteiger partial charge in [0.2, 0.25) is 0 Å². The molecule has 3 N–H and O–H groups in total. The number of amides is 1. The Hall–Kier alpha value is -3.41. The molecule has 2 aromatic rings. The van der Waals surface area contributed by atoms with Crippen molar-refractivity contribution in [2.75, 3.05) is 5.73 Å². The smallest absolute Gasteiger partial charge is 0.257 e. The second-order valence-electron chi connectivity index (χ2n) is 5.49. The third kappa shape index (κ3) is 2.54. The molecular weight excluding hydrogens is 304 g/mol. The van der Waals surface area contributed by atoms with Gasteiger partial charge >= 0.3 is 0 Å². The van der Waals surface area contributed by atoms with Crippen molar-refractivity contribution in [2.24, 2.45) is 0 Å². The van der Waals surface area contributed by atoms with Gasteiger partial charge in [-0.3, -0.25) is 4.79 Å². The molecule has 6 heteroatoms. The Morgan fingerprint density at radius 2 is 2.17 bits per heavy atom. The number of allylic oxidation sites excluding steroid dienone is 3. The molecule has 0 bridgehead atoms. The monoisotopic (exact) mass is 318 g/mol. The first kappa shape index (κ1) is 14.2. The molecule has 1 aromatic heterocycles. The Morgan fingerprint density at radius 3 is 3.00 bits per heavy atom. The molecular formula is C18H14N4O2. The maximum atomic E-state index is 12.3. The molecule has 1 atom stereocenters. The molecule has 2 heterocycles. The maximum absolute atomic E-state index is 12.3. The number of benzene rings is 1. The number of ether oxygens (including phenoxy) is 1. The van der Waals surface area contributed by atoms with Gasteiger partial charge in [-0.2, -0.15) is 10.2 Å². The van der Waals surface area contributed by atoms with Gasteiger partial charge in [0, 0.05) is 22.5 Å². The number of hydrogen-bond donors (Lipinski definition) is 2. The van der Waals surface area contributed by atoms with E-state index < -0.39 is 0 Å². The summed E-state index contributed by atoms with van der Waals surface area (Å²) in [7, 11) is 0. The summed E-state index contributed by atoms with van der Waals surface area (Å²) in [5.74, 6) is 0.544. The number of carbonyl (C=O) groups excluding carboxylic acids is 1. The Labute approximate surface area is 138 Å². The van der Waals surface area contributed by atoms with Crippen LogP contribution in [0.3, 0.4) is 0 Å². The van der Waals surface area contributed by atoms with Crippen molar-refractivity contribution in [3.8, 4) is 5.75 Å². The zero-order chi connectivity index (χ0) is 16.5. The van der Waals surface area contributed by atoms with Crippen LogP contribution in [0.4, 0.5) is 5.69 Å². The number of nitrogen functional groups attached to an aromatic ring is 1. The number of nitrogens with zero attached hydrogens (tertiary/aromatic N) is 2. The van der Waals surface area contributed by atoms with E-state index in [0.29, 0.717) is 16.9 Å². The number of nitrogens with one attached hydrogen (secondary N) is 1. The Kier molecular flexibility index (Phi) is 3.35. The zero-order valence-corrected chi connectivity index (χ0v) is 12.6. The van der Waals surface area contributed by atoms with E-state index in [1.165, 1.54) is 12.4 Å². The lowest BCUT2D eigenvalue weighted by molar-refractivity contribution is 0.0966. The first-order chi connectivity index (χ1) is 11.7. The number of hydrogen-bond acceptors (Lipinski definition) is 5. The molecule has 1 aliphatic heterocycles. The van der Waals surface area contributed by atoms with Crippen LogP contribution >= 0.6 is 0 Å². The van der Waals surface area contributed by atoms with Crippen LogP contribution < -0.4 is 15.8 Å². The number of rotatable bonds is 2. The lowest BCUT2D eigenvalue weighted by Gasteiger charge is -2.08. The number of fused-ring (bicyclic) bond motifs is 3. The highest BCUT2D eigenvalue weighted by Crippen LogP contribution is 2.40. The molecule has 24 heavy (non-hydrogen) atoms. The van der Waals surface area contributed by atoms with Gasteiger partial charge in [0.05, 0.1) is 18.0 Å². The Bertz CT molecular complexity index is 900. The number of carbonyl (C=O) groups is 1. The van der Waals surface area contributed by atoms with Crippen LogP contribution in [0, 0.1) is 0 Å². The molecule has 0 fully saturated rings. The molecule has 1 aromatic carbocycles. The quantitative estimate of drug-likeness (QED) is 0.828. The standard InChI is InChI=1S/C18H14N4O2/c19-12-4-5-17-14(8-12)15-9-13(2-1-3-16(15)24-17)22-18(23)11-6-7-20-21-10-11/h1-10,16H,19H2,(H,22,23). The molecule has 0 radical (unpaired) electrons. The maximum Gasteiger partial charge on any atom is 0.257 e. The fraction of sp³-hybridized carbons (Fsp3) is 0.0556. The lowest BCUT2D eigenvalue weighted by Crippen LogP contribution is -2.22. The summed E-state index contributed by atoms with van der Waals surface area (Å²) in [6.45, 7) is 0. The molecule has 4 rings (SSSR count). The number of nitrogens with two attached hydrogens (primary N) is 1. The SMILES string of the molecule is Nc1ccc2c(c1)C1=CC(NC(=O)c3ccnnc3)=CC=CC1O2. The van der Waals surface area contributed by atoms with Crippen molar-refractivity contribution in [1.29, 1.82) is 0 Å². The fourth-order valence-electron chi connectivity index (χ4n) is 2.71. The van der Waals surface area contributed by atoms with E-state index >= 15 is 0 Å². The third-order valence-electron chi connectivity index (χ3n) is 3.85. The van der Waals surface area contributed by atoms with E-state index in [-0.39, 0.29) is 12.0 Å². The van der Waals surface area contributed by atoms with Crippen LogP contribution in [-0.2, 0) is 0 Å². The van der Waals surface area contributed by atoms with Gasteiger partial charge in [-0.05, 0) is 42.5 Å². The topological polar surface area (TPSA) is 90.1 Å². The van der Waals surface area contributed by atoms with Crippen LogP contribution in [0.1, 0.15) is 15.9 Å². The normalized spacial score (nSPS) is 17.8. The molecule has 1 aliphatic carbocycles. The second-order valence-corrected chi connectivity index (χ2v) is 5.49. The highest BCUT2D eigenvalue weighted by atomic mass is 16.5. The predicted molar refractivity (Wildman–Crippen MR) is 90.0 cm³/mol. The molecule has 6 nitrogen and oxygen atoms in total. The van der Waals surface area contributed by atoms with Crippen molar-refractivity contribution in [1.82, 2.24) is 15.5 Å². The summed E-state index contributed by atoms with van der Waals surface area (Å²) in [4.78, 5) is 12.3. The first-order valence-electron chi connectivity index (χ1n) is 7.45.